The summed E-state index contributed by atoms with van der Waals surface area (Å²) in [7, 11) is 0. The van der Waals surface area contributed by atoms with Crippen LogP contribution in [-0.4, -0.2) is 34.7 Å². The lowest BCUT2D eigenvalue weighted by molar-refractivity contribution is -0.136. The number of hydrogen-bond donors (Lipinski definition) is 2. The van der Waals surface area contributed by atoms with Crippen LogP contribution in [0, 0.1) is 0 Å². The first-order chi connectivity index (χ1) is 9.79. The molecule has 0 atom stereocenters. The van der Waals surface area contributed by atoms with E-state index in [1.165, 1.54) is 17.1 Å². The highest BCUT2D eigenvalue weighted by Gasteiger charge is 2.22. The van der Waals surface area contributed by atoms with Gasteiger partial charge in [-0.25, -0.2) is 5.43 Å². The topological polar surface area (TPSA) is 78.5 Å². The van der Waals surface area contributed by atoms with Crippen molar-refractivity contribution in [1.82, 2.24) is 15.8 Å². The lowest BCUT2D eigenvalue weighted by Gasteiger charge is -2.20. The zero-order valence-electron chi connectivity index (χ0n) is 13.1. The minimum absolute atomic E-state index is 0.0148. The maximum atomic E-state index is 11.5. The summed E-state index contributed by atoms with van der Waals surface area (Å²) >= 11 is 0. The molecular weight excluding hydrogens is 270 g/mol. The molecule has 0 bridgehead atoms. The van der Waals surface area contributed by atoms with Gasteiger partial charge in [0, 0.05) is 30.7 Å². The van der Waals surface area contributed by atoms with E-state index in [1.54, 1.807) is 0 Å². The van der Waals surface area contributed by atoms with Gasteiger partial charge in [0.1, 0.15) is 0 Å². The fourth-order valence-corrected chi connectivity index (χ4v) is 1.88. The van der Waals surface area contributed by atoms with E-state index in [-0.39, 0.29) is 23.3 Å². The quantitative estimate of drug-likeness (QED) is 0.402. The molecule has 1 aliphatic rings. The number of rotatable bonds is 8. The van der Waals surface area contributed by atoms with Gasteiger partial charge in [-0.15, -0.1) is 0 Å². The number of imide groups is 1. The number of carbonyl (C=O) groups is 3. The van der Waals surface area contributed by atoms with Gasteiger partial charge >= 0.3 is 0 Å². The third-order valence-electron chi connectivity index (χ3n) is 3.01. The molecule has 1 aliphatic heterocycles. The predicted octanol–water partition coefficient (Wildman–Crippen LogP) is 1.28. The zero-order chi connectivity index (χ0) is 15.9. The largest absolute Gasteiger partial charge is 0.291 e. The molecule has 0 aromatic heterocycles. The van der Waals surface area contributed by atoms with E-state index in [1.807, 2.05) is 20.8 Å². The van der Waals surface area contributed by atoms with Crippen molar-refractivity contribution in [3.63, 3.8) is 0 Å². The van der Waals surface area contributed by atoms with E-state index >= 15 is 0 Å². The minimum atomic E-state index is -0.229. The van der Waals surface area contributed by atoms with Crippen molar-refractivity contribution in [2.75, 3.05) is 6.54 Å². The second kappa shape index (κ2) is 7.93. The van der Waals surface area contributed by atoms with Crippen LogP contribution in [0.2, 0.25) is 0 Å². The van der Waals surface area contributed by atoms with E-state index in [4.69, 9.17) is 0 Å². The fraction of sp³-hybridized carbons (Fsp3) is 0.667. The predicted molar refractivity (Wildman–Crippen MR) is 80.0 cm³/mol. The number of nitrogens with zero attached hydrogens (tertiary/aromatic N) is 1. The monoisotopic (exact) mass is 295 g/mol. The highest BCUT2D eigenvalue weighted by molar-refractivity contribution is 6.12. The van der Waals surface area contributed by atoms with E-state index in [9.17, 15) is 14.4 Å². The molecule has 118 valence electrons. The first-order valence-electron chi connectivity index (χ1n) is 7.39. The molecule has 0 unspecified atom stereocenters. The van der Waals surface area contributed by atoms with Crippen molar-refractivity contribution in [3.8, 4) is 0 Å². The number of amides is 3. The smallest absolute Gasteiger partial charge is 0.253 e. The Balaban J connectivity index is 2.01. The van der Waals surface area contributed by atoms with Crippen LogP contribution in [0.3, 0.4) is 0 Å². The van der Waals surface area contributed by atoms with Crippen LogP contribution in [-0.2, 0) is 14.4 Å². The summed E-state index contributed by atoms with van der Waals surface area (Å²) in [5, 5.41) is 0. The Morgan fingerprint density at radius 3 is 2.19 bits per heavy atom. The number of carbonyl (C=O) groups excluding carboxylic acids is 3. The number of unbranched alkanes of at least 4 members (excludes halogenated alkanes) is 3. The van der Waals surface area contributed by atoms with Gasteiger partial charge in [-0.1, -0.05) is 12.8 Å². The highest BCUT2D eigenvalue weighted by atomic mass is 16.2. The average Bonchev–Trinajstić information content (AvgIpc) is 2.70. The SMILES string of the molecule is CC(C)(C)NNC(=O)CCCCCCN1C(=O)C=CC1=O. The molecule has 0 aliphatic carbocycles. The normalized spacial score (nSPS) is 14.9. The van der Waals surface area contributed by atoms with Crippen molar-refractivity contribution in [2.24, 2.45) is 0 Å². The maximum Gasteiger partial charge on any atom is 0.253 e. The van der Waals surface area contributed by atoms with Crippen molar-refractivity contribution in [1.29, 1.82) is 0 Å². The molecule has 21 heavy (non-hydrogen) atoms. The zero-order valence-corrected chi connectivity index (χ0v) is 13.1. The summed E-state index contributed by atoms with van der Waals surface area (Å²) in [5.74, 6) is -0.473. The summed E-state index contributed by atoms with van der Waals surface area (Å²) in [5.41, 5.74) is 5.47. The molecule has 6 heteroatoms. The second-order valence-corrected chi connectivity index (χ2v) is 6.25. The van der Waals surface area contributed by atoms with Crippen molar-refractivity contribution >= 4 is 17.7 Å². The fourth-order valence-electron chi connectivity index (χ4n) is 1.88. The lowest BCUT2D eigenvalue weighted by atomic mass is 10.1. The molecule has 1 heterocycles. The van der Waals surface area contributed by atoms with Gasteiger partial charge in [0.25, 0.3) is 11.8 Å². The summed E-state index contributed by atoms with van der Waals surface area (Å²) < 4.78 is 0. The Labute approximate surface area is 125 Å². The molecule has 3 amide bonds. The van der Waals surface area contributed by atoms with E-state index in [2.05, 4.69) is 10.9 Å². The number of hydrogen-bond acceptors (Lipinski definition) is 4. The van der Waals surface area contributed by atoms with Crippen LogP contribution in [0.1, 0.15) is 52.9 Å². The highest BCUT2D eigenvalue weighted by Crippen LogP contribution is 2.08. The van der Waals surface area contributed by atoms with Crippen LogP contribution in [0.5, 0.6) is 0 Å². The summed E-state index contributed by atoms with van der Waals surface area (Å²) in [6, 6.07) is 0. The van der Waals surface area contributed by atoms with E-state index < -0.39 is 0 Å². The number of nitrogens with one attached hydrogen (secondary N) is 2. The summed E-state index contributed by atoms with van der Waals surface area (Å²) in [6.07, 6.45) is 6.47. The third-order valence-corrected chi connectivity index (χ3v) is 3.01. The molecular formula is C15H25N3O3. The van der Waals surface area contributed by atoms with Crippen LogP contribution in [0.25, 0.3) is 0 Å². The van der Waals surface area contributed by atoms with Gasteiger partial charge in [0.05, 0.1) is 0 Å². The first-order valence-corrected chi connectivity index (χ1v) is 7.39. The molecule has 1 rings (SSSR count). The molecule has 0 saturated heterocycles. The van der Waals surface area contributed by atoms with Gasteiger partial charge in [-0.05, 0) is 33.6 Å². The van der Waals surface area contributed by atoms with Crippen LogP contribution in [0.4, 0.5) is 0 Å². The van der Waals surface area contributed by atoms with Gasteiger partial charge in [0.15, 0.2) is 0 Å². The van der Waals surface area contributed by atoms with Crippen molar-refractivity contribution < 1.29 is 14.4 Å². The van der Waals surface area contributed by atoms with Crippen LogP contribution >= 0.6 is 0 Å². The molecule has 0 radical (unpaired) electrons. The Morgan fingerprint density at radius 2 is 1.62 bits per heavy atom. The van der Waals surface area contributed by atoms with Gasteiger partial charge in [-0.3, -0.25) is 24.7 Å². The molecule has 0 aromatic rings. The van der Waals surface area contributed by atoms with E-state index in [0.29, 0.717) is 13.0 Å². The molecule has 0 spiro atoms. The van der Waals surface area contributed by atoms with Gasteiger partial charge in [-0.2, -0.15) is 0 Å². The van der Waals surface area contributed by atoms with Crippen LogP contribution in [0.15, 0.2) is 12.2 Å². The minimum Gasteiger partial charge on any atom is -0.291 e. The first kappa shape index (κ1) is 17.4. The Hall–Kier alpha value is -1.69. The summed E-state index contributed by atoms with van der Waals surface area (Å²) in [6.45, 7) is 6.39. The standard InChI is InChI=1S/C15H25N3O3/c1-15(2,3)17-16-12(19)8-6-4-5-7-11-18-13(20)9-10-14(18)21/h9-10,17H,4-8,11H2,1-3H3,(H,16,19). The maximum absolute atomic E-state index is 11.5. The van der Waals surface area contributed by atoms with Crippen molar-refractivity contribution in [2.45, 2.75) is 58.4 Å². The van der Waals surface area contributed by atoms with Crippen LogP contribution < -0.4 is 10.9 Å². The van der Waals surface area contributed by atoms with Gasteiger partial charge in [0.2, 0.25) is 5.91 Å². The molecule has 6 nitrogen and oxygen atoms in total. The summed E-state index contributed by atoms with van der Waals surface area (Å²) in [4.78, 5) is 35.4. The Morgan fingerprint density at radius 1 is 1.05 bits per heavy atom. The Bertz CT molecular complexity index is 406. The molecule has 0 aromatic carbocycles. The molecule has 0 saturated carbocycles. The third kappa shape index (κ3) is 7.04. The lowest BCUT2D eigenvalue weighted by Crippen LogP contribution is -2.48. The van der Waals surface area contributed by atoms with Gasteiger partial charge < -0.3 is 0 Å². The number of hydrazine groups is 1. The second-order valence-electron chi connectivity index (χ2n) is 6.25. The van der Waals surface area contributed by atoms with E-state index in [0.717, 1.165) is 25.7 Å². The molecule has 2 N–H and O–H groups in total. The average molecular weight is 295 g/mol. The van der Waals surface area contributed by atoms with Crippen molar-refractivity contribution in [3.05, 3.63) is 12.2 Å². The molecule has 0 fully saturated rings. The Kier molecular flexibility index (Phi) is 6.55.